The largest absolute Gasteiger partial charge is 0.336 e. The number of nitrogens with two attached hydrogens (primary N) is 1. The molecule has 0 aromatic heterocycles. The quantitative estimate of drug-likeness (QED) is 0.924. The number of nitrogens with zero attached hydrogens (tertiary/aromatic N) is 1. The highest BCUT2D eigenvalue weighted by Gasteiger charge is 2.27. The Labute approximate surface area is 120 Å². The zero-order chi connectivity index (χ0) is 14.7. The summed E-state index contributed by atoms with van der Waals surface area (Å²) in [6.45, 7) is 4.42. The lowest BCUT2D eigenvalue weighted by Gasteiger charge is -2.35. The van der Waals surface area contributed by atoms with E-state index in [1.54, 1.807) is 13.0 Å². The maximum Gasteiger partial charge on any atom is 0.254 e. The van der Waals surface area contributed by atoms with E-state index in [1.165, 1.54) is 12.1 Å². The Balaban J connectivity index is 2.16. The molecule has 3 nitrogen and oxygen atoms in total. The fourth-order valence-electron chi connectivity index (χ4n) is 3.01. The summed E-state index contributed by atoms with van der Waals surface area (Å²) < 4.78 is 13.5. The van der Waals surface area contributed by atoms with E-state index in [4.69, 9.17) is 5.73 Å². The molecule has 0 radical (unpaired) electrons. The second kappa shape index (κ2) is 6.35. The average molecular weight is 278 g/mol. The molecule has 20 heavy (non-hydrogen) atoms. The third kappa shape index (κ3) is 3.37. The van der Waals surface area contributed by atoms with Crippen LogP contribution in [0.25, 0.3) is 0 Å². The molecule has 0 saturated heterocycles. The van der Waals surface area contributed by atoms with Gasteiger partial charge in [-0.1, -0.05) is 0 Å². The molecule has 1 fully saturated rings. The maximum atomic E-state index is 13.5. The van der Waals surface area contributed by atoms with Crippen LogP contribution in [0.15, 0.2) is 18.2 Å². The Morgan fingerprint density at radius 3 is 2.50 bits per heavy atom. The zero-order valence-corrected chi connectivity index (χ0v) is 12.2. The summed E-state index contributed by atoms with van der Waals surface area (Å²) in [7, 11) is 0. The lowest BCUT2D eigenvalue weighted by Crippen LogP contribution is -2.44. The molecule has 110 valence electrons. The topological polar surface area (TPSA) is 46.3 Å². The molecule has 0 aliphatic heterocycles. The zero-order valence-electron chi connectivity index (χ0n) is 12.2. The van der Waals surface area contributed by atoms with Crippen molar-refractivity contribution < 1.29 is 9.18 Å². The normalized spacial score (nSPS) is 22.6. The molecule has 2 N–H and O–H groups in total. The molecule has 0 spiro atoms. The summed E-state index contributed by atoms with van der Waals surface area (Å²) in [5.41, 5.74) is 7.13. The van der Waals surface area contributed by atoms with E-state index in [0.717, 1.165) is 31.2 Å². The van der Waals surface area contributed by atoms with Gasteiger partial charge in [-0.3, -0.25) is 4.79 Å². The summed E-state index contributed by atoms with van der Waals surface area (Å²) >= 11 is 0. The number of carbonyl (C=O) groups excluding carboxylic acids is 1. The van der Waals surface area contributed by atoms with E-state index < -0.39 is 0 Å². The minimum absolute atomic E-state index is 0.0735. The van der Waals surface area contributed by atoms with Crippen LogP contribution in [-0.2, 0) is 0 Å². The van der Waals surface area contributed by atoms with Crippen molar-refractivity contribution in [2.24, 2.45) is 5.73 Å². The van der Waals surface area contributed by atoms with E-state index >= 15 is 0 Å². The third-order valence-electron chi connectivity index (χ3n) is 4.07. The van der Waals surface area contributed by atoms with E-state index in [0.29, 0.717) is 12.1 Å². The molecule has 0 atom stereocenters. The third-order valence-corrected chi connectivity index (χ3v) is 4.07. The van der Waals surface area contributed by atoms with Crippen molar-refractivity contribution >= 4 is 5.91 Å². The highest BCUT2D eigenvalue weighted by atomic mass is 19.1. The van der Waals surface area contributed by atoms with Crippen molar-refractivity contribution in [1.82, 2.24) is 4.90 Å². The van der Waals surface area contributed by atoms with Gasteiger partial charge in [0.25, 0.3) is 5.91 Å². The van der Waals surface area contributed by atoms with Gasteiger partial charge in [0, 0.05) is 24.2 Å². The summed E-state index contributed by atoms with van der Waals surface area (Å²) in [5, 5.41) is 0. The van der Waals surface area contributed by atoms with Gasteiger partial charge >= 0.3 is 0 Å². The fraction of sp³-hybridized carbons (Fsp3) is 0.562. The predicted octanol–water partition coefficient (Wildman–Crippen LogP) is 2.87. The second-order valence-electron chi connectivity index (χ2n) is 5.68. The first-order valence-corrected chi connectivity index (χ1v) is 7.35. The maximum absolute atomic E-state index is 13.5. The molecule has 2 rings (SSSR count). The predicted molar refractivity (Wildman–Crippen MR) is 78.1 cm³/mol. The van der Waals surface area contributed by atoms with Crippen LogP contribution in [0.5, 0.6) is 0 Å². The minimum Gasteiger partial charge on any atom is -0.336 e. The van der Waals surface area contributed by atoms with Gasteiger partial charge in [0.2, 0.25) is 0 Å². The van der Waals surface area contributed by atoms with Gasteiger partial charge in [0.1, 0.15) is 5.82 Å². The molecule has 1 aromatic rings. The number of aryl methyl sites for hydroxylation is 1. The Kier molecular flexibility index (Phi) is 4.76. The smallest absolute Gasteiger partial charge is 0.254 e. The van der Waals surface area contributed by atoms with Crippen LogP contribution in [0.3, 0.4) is 0 Å². The van der Waals surface area contributed by atoms with Gasteiger partial charge in [-0.25, -0.2) is 4.39 Å². The molecule has 0 bridgehead atoms. The highest BCUT2D eigenvalue weighted by Crippen LogP contribution is 2.24. The van der Waals surface area contributed by atoms with E-state index in [9.17, 15) is 9.18 Å². The second-order valence-corrected chi connectivity index (χ2v) is 5.68. The van der Waals surface area contributed by atoms with E-state index in [-0.39, 0.29) is 23.8 Å². The van der Waals surface area contributed by atoms with Crippen molar-refractivity contribution in [2.75, 3.05) is 6.54 Å². The molecule has 1 aliphatic carbocycles. The first-order valence-electron chi connectivity index (χ1n) is 7.35. The number of hydrogen-bond acceptors (Lipinski definition) is 2. The van der Waals surface area contributed by atoms with Crippen LogP contribution in [-0.4, -0.2) is 29.4 Å². The number of halogens is 1. The molecule has 0 heterocycles. The Bertz CT molecular complexity index is 461. The van der Waals surface area contributed by atoms with Crippen LogP contribution in [0.2, 0.25) is 0 Å². The molecule has 0 unspecified atom stereocenters. The molecular weight excluding hydrogens is 255 g/mol. The first-order chi connectivity index (χ1) is 9.51. The van der Waals surface area contributed by atoms with Crippen LogP contribution >= 0.6 is 0 Å². The standard InChI is InChI=1S/C16H23FN2O/c1-3-19(15-6-4-14(18)5-7-15)16(20)12-8-11(2)9-13(17)10-12/h8-10,14-15H,3-7,18H2,1-2H3. The van der Waals surface area contributed by atoms with Crippen molar-refractivity contribution in [3.8, 4) is 0 Å². The van der Waals surface area contributed by atoms with Crippen LogP contribution in [0.1, 0.15) is 48.5 Å². The fourth-order valence-corrected chi connectivity index (χ4v) is 3.01. The van der Waals surface area contributed by atoms with Gasteiger partial charge in [-0.05, 0) is 63.3 Å². The van der Waals surface area contributed by atoms with Gasteiger partial charge in [-0.15, -0.1) is 0 Å². The summed E-state index contributed by atoms with van der Waals surface area (Å²) in [6, 6.07) is 5.01. The van der Waals surface area contributed by atoms with Gasteiger partial charge < -0.3 is 10.6 Å². The van der Waals surface area contributed by atoms with Gasteiger partial charge in [0.15, 0.2) is 0 Å². The Morgan fingerprint density at radius 2 is 1.95 bits per heavy atom. The lowest BCUT2D eigenvalue weighted by atomic mass is 9.90. The highest BCUT2D eigenvalue weighted by molar-refractivity contribution is 5.94. The minimum atomic E-state index is -0.352. The number of rotatable bonds is 3. The molecular formula is C16H23FN2O. The molecule has 4 heteroatoms. The molecule has 1 aromatic carbocycles. The summed E-state index contributed by atoms with van der Waals surface area (Å²) in [4.78, 5) is 14.5. The van der Waals surface area contributed by atoms with Crippen molar-refractivity contribution in [1.29, 1.82) is 0 Å². The molecule has 1 saturated carbocycles. The van der Waals surface area contributed by atoms with Crippen molar-refractivity contribution in [3.05, 3.63) is 35.1 Å². The van der Waals surface area contributed by atoms with Crippen LogP contribution < -0.4 is 5.73 Å². The number of benzene rings is 1. The SMILES string of the molecule is CCN(C(=O)c1cc(C)cc(F)c1)C1CCC(N)CC1. The van der Waals surface area contributed by atoms with Crippen LogP contribution in [0, 0.1) is 12.7 Å². The van der Waals surface area contributed by atoms with Crippen LogP contribution in [0.4, 0.5) is 4.39 Å². The number of hydrogen-bond donors (Lipinski definition) is 1. The summed E-state index contributed by atoms with van der Waals surface area (Å²) in [5.74, 6) is -0.425. The van der Waals surface area contributed by atoms with Gasteiger partial charge in [-0.2, -0.15) is 0 Å². The first kappa shape index (κ1) is 15.0. The molecule has 1 amide bonds. The Morgan fingerprint density at radius 1 is 1.30 bits per heavy atom. The van der Waals surface area contributed by atoms with E-state index in [1.807, 2.05) is 11.8 Å². The number of amides is 1. The van der Waals surface area contributed by atoms with Crippen molar-refractivity contribution in [2.45, 2.75) is 51.6 Å². The summed E-state index contributed by atoms with van der Waals surface area (Å²) in [6.07, 6.45) is 3.79. The van der Waals surface area contributed by atoms with Crippen molar-refractivity contribution in [3.63, 3.8) is 0 Å². The Hall–Kier alpha value is -1.42. The van der Waals surface area contributed by atoms with Gasteiger partial charge in [0.05, 0.1) is 0 Å². The lowest BCUT2D eigenvalue weighted by molar-refractivity contribution is 0.0640. The monoisotopic (exact) mass is 278 g/mol. The average Bonchev–Trinajstić information content (AvgIpc) is 2.40. The number of carbonyl (C=O) groups is 1. The molecule has 1 aliphatic rings. The van der Waals surface area contributed by atoms with E-state index in [2.05, 4.69) is 0 Å².